The van der Waals surface area contributed by atoms with E-state index in [0.717, 1.165) is 42.4 Å². The molecule has 0 bridgehead atoms. The van der Waals surface area contributed by atoms with Crippen LogP contribution in [-0.4, -0.2) is 30.1 Å². The van der Waals surface area contributed by atoms with Gasteiger partial charge >= 0.3 is 5.97 Å². The van der Waals surface area contributed by atoms with Gasteiger partial charge < -0.3 is 9.84 Å². The molecule has 0 heterocycles. The number of esters is 1. The fourth-order valence-electron chi connectivity index (χ4n) is 5.56. The molecular formula is C35H44O4. The van der Waals surface area contributed by atoms with Gasteiger partial charge in [0.05, 0.1) is 13.2 Å². The molecule has 0 saturated heterocycles. The van der Waals surface area contributed by atoms with Crippen molar-refractivity contribution < 1.29 is 19.4 Å². The summed E-state index contributed by atoms with van der Waals surface area (Å²) in [6.45, 7) is 15.0. The highest BCUT2D eigenvalue weighted by atomic mass is 16.5. The first kappa shape index (κ1) is 30.3. The van der Waals surface area contributed by atoms with E-state index < -0.39 is 11.8 Å². The molecule has 4 nitrogen and oxygen atoms in total. The molecule has 0 aliphatic carbocycles. The standard InChI is InChI=1S/C35H44O4/c1-9-35(10-2,28-16-14-25(23(3)20-28)15-19-31(36)34(5,6)7)29-17-18-30(24(4)21-29)26-12-11-13-27(22-26)32(37)33(38)39-8/h11-14,16-18,20-22,31,36H,9-10,15,19H2,1-8H3. The number of benzene rings is 3. The number of rotatable bonds is 10. The maximum Gasteiger partial charge on any atom is 0.379 e. The Morgan fingerprint density at radius 1 is 0.872 bits per heavy atom. The van der Waals surface area contributed by atoms with Gasteiger partial charge in [-0.1, -0.05) is 89.2 Å². The quantitative estimate of drug-likeness (QED) is 0.166. The van der Waals surface area contributed by atoms with Crippen molar-refractivity contribution >= 4 is 11.8 Å². The summed E-state index contributed by atoms with van der Waals surface area (Å²) in [5.74, 6) is -1.50. The number of carbonyl (C=O) groups is 2. The molecule has 0 spiro atoms. The zero-order valence-corrected chi connectivity index (χ0v) is 24.9. The lowest BCUT2D eigenvalue weighted by atomic mass is 9.69. The summed E-state index contributed by atoms with van der Waals surface area (Å²) in [7, 11) is 1.22. The van der Waals surface area contributed by atoms with E-state index in [-0.39, 0.29) is 16.9 Å². The lowest BCUT2D eigenvalue weighted by Crippen LogP contribution is -2.27. The second-order valence-corrected chi connectivity index (χ2v) is 11.8. The summed E-state index contributed by atoms with van der Waals surface area (Å²) in [5.41, 5.74) is 8.25. The van der Waals surface area contributed by atoms with Gasteiger partial charge in [0.25, 0.3) is 5.78 Å². The maximum absolute atomic E-state index is 12.3. The van der Waals surface area contributed by atoms with Gasteiger partial charge in [0.1, 0.15) is 0 Å². The van der Waals surface area contributed by atoms with Crippen molar-refractivity contribution in [3.05, 3.63) is 94.0 Å². The molecule has 0 aliphatic heterocycles. The van der Waals surface area contributed by atoms with Crippen LogP contribution in [-0.2, 0) is 21.4 Å². The van der Waals surface area contributed by atoms with Crippen LogP contribution < -0.4 is 0 Å². The number of carbonyl (C=O) groups excluding carboxylic acids is 2. The van der Waals surface area contributed by atoms with E-state index in [1.54, 1.807) is 18.2 Å². The molecule has 208 valence electrons. The van der Waals surface area contributed by atoms with E-state index in [2.05, 4.69) is 89.6 Å². The van der Waals surface area contributed by atoms with E-state index in [1.807, 2.05) is 6.07 Å². The average molecular weight is 529 g/mol. The normalized spacial score (nSPS) is 12.7. The third-order valence-electron chi connectivity index (χ3n) is 8.37. The van der Waals surface area contributed by atoms with E-state index in [0.29, 0.717) is 5.56 Å². The molecule has 0 radical (unpaired) electrons. The summed E-state index contributed by atoms with van der Waals surface area (Å²) in [6.07, 6.45) is 3.22. The summed E-state index contributed by atoms with van der Waals surface area (Å²) in [5, 5.41) is 10.5. The monoisotopic (exact) mass is 528 g/mol. The summed E-state index contributed by atoms with van der Waals surface area (Å²) in [6, 6.07) is 20.6. The third-order valence-corrected chi connectivity index (χ3v) is 8.37. The van der Waals surface area contributed by atoms with Crippen LogP contribution >= 0.6 is 0 Å². The first-order chi connectivity index (χ1) is 18.4. The Bertz CT molecular complexity index is 1320. The fourth-order valence-corrected chi connectivity index (χ4v) is 5.56. The molecule has 4 heteroatoms. The molecule has 0 saturated carbocycles. The van der Waals surface area contributed by atoms with E-state index in [9.17, 15) is 14.7 Å². The molecule has 0 amide bonds. The van der Waals surface area contributed by atoms with Crippen LogP contribution in [0.25, 0.3) is 11.1 Å². The third kappa shape index (κ3) is 6.50. The highest BCUT2D eigenvalue weighted by molar-refractivity contribution is 6.40. The lowest BCUT2D eigenvalue weighted by Gasteiger charge is -2.34. The highest BCUT2D eigenvalue weighted by Crippen LogP contribution is 2.41. The number of Topliss-reactive ketones (excluding diaryl/α,β-unsaturated/α-hetero) is 1. The molecule has 0 aromatic heterocycles. The van der Waals surface area contributed by atoms with Crippen LogP contribution in [0.2, 0.25) is 0 Å². The Morgan fingerprint density at radius 3 is 2.03 bits per heavy atom. The second kappa shape index (κ2) is 12.3. The average Bonchev–Trinajstić information content (AvgIpc) is 2.92. The predicted octanol–water partition coefficient (Wildman–Crippen LogP) is 7.77. The van der Waals surface area contributed by atoms with Gasteiger partial charge in [0.15, 0.2) is 0 Å². The van der Waals surface area contributed by atoms with E-state index >= 15 is 0 Å². The van der Waals surface area contributed by atoms with Gasteiger partial charge in [0, 0.05) is 11.0 Å². The minimum atomic E-state index is -0.860. The van der Waals surface area contributed by atoms with Crippen molar-refractivity contribution in [3.8, 4) is 11.1 Å². The highest BCUT2D eigenvalue weighted by Gasteiger charge is 2.31. The van der Waals surface area contributed by atoms with Crippen LogP contribution in [0.1, 0.15) is 92.1 Å². The Hall–Kier alpha value is -3.24. The molecule has 0 aliphatic rings. The molecule has 1 atom stereocenters. The first-order valence-corrected chi connectivity index (χ1v) is 14.0. The van der Waals surface area contributed by atoms with Crippen LogP contribution in [0.3, 0.4) is 0 Å². The first-order valence-electron chi connectivity index (χ1n) is 14.0. The number of methoxy groups -OCH3 is 1. The maximum atomic E-state index is 12.3. The van der Waals surface area contributed by atoms with Gasteiger partial charge in [-0.05, 0) is 90.0 Å². The van der Waals surface area contributed by atoms with E-state index in [1.165, 1.54) is 29.4 Å². The number of aryl methyl sites for hydroxylation is 3. The van der Waals surface area contributed by atoms with Crippen molar-refractivity contribution in [1.82, 2.24) is 0 Å². The number of hydrogen-bond donors (Lipinski definition) is 1. The van der Waals surface area contributed by atoms with Crippen LogP contribution in [0, 0.1) is 19.3 Å². The number of aliphatic hydroxyl groups is 1. The zero-order valence-electron chi connectivity index (χ0n) is 24.9. The Kier molecular flexibility index (Phi) is 9.55. The molecule has 0 fully saturated rings. The Labute approximate surface area is 234 Å². The van der Waals surface area contributed by atoms with Crippen LogP contribution in [0.5, 0.6) is 0 Å². The molecule has 1 N–H and O–H groups in total. The summed E-state index contributed by atoms with van der Waals surface area (Å²) in [4.78, 5) is 24.1. The van der Waals surface area contributed by atoms with Gasteiger partial charge in [-0.15, -0.1) is 0 Å². The van der Waals surface area contributed by atoms with Crippen molar-refractivity contribution in [2.45, 2.75) is 85.7 Å². The fraction of sp³-hybridized carbons (Fsp3) is 0.429. The van der Waals surface area contributed by atoms with Gasteiger partial charge in [-0.3, -0.25) is 4.79 Å². The minimum Gasteiger partial charge on any atom is -0.463 e. The van der Waals surface area contributed by atoms with Gasteiger partial charge in [0.2, 0.25) is 0 Å². The number of hydrogen-bond acceptors (Lipinski definition) is 4. The van der Waals surface area contributed by atoms with Crippen molar-refractivity contribution in [1.29, 1.82) is 0 Å². The lowest BCUT2D eigenvalue weighted by molar-refractivity contribution is -0.135. The van der Waals surface area contributed by atoms with Crippen LogP contribution in [0.4, 0.5) is 0 Å². The van der Waals surface area contributed by atoms with Gasteiger partial charge in [-0.2, -0.15) is 0 Å². The summed E-state index contributed by atoms with van der Waals surface area (Å²) >= 11 is 0. The largest absolute Gasteiger partial charge is 0.463 e. The van der Waals surface area contributed by atoms with Crippen molar-refractivity contribution in [2.75, 3.05) is 7.11 Å². The predicted molar refractivity (Wildman–Crippen MR) is 159 cm³/mol. The van der Waals surface area contributed by atoms with Crippen molar-refractivity contribution in [3.63, 3.8) is 0 Å². The zero-order chi connectivity index (χ0) is 29.0. The Morgan fingerprint density at radius 2 is 1.49 bits per heavy atom. The van der Waals surface area contributed by atoms with E-state index in [4.69, 9.17) is 0 Å². The SMILES string of the molecule is CCC(CC)(c1ccc(CCC(O)C(C)(C)C)c(C)c1)c1ccc(-c2cccc(C(=O)C(=O)OC)c2)c(C)c1. The van der Waals surface area contributed by atoms with Crippen molar-refractivity contribution in [2.24, 2.45) is 5.41 Å². The molecular weight excluding hydrogens is 484 g/mol. The molecule has 3 rings (SSSR count). The number of ether oxygens (including phenoxy) is 1. The number of ketones is 1. The van der Waals surface area contributed by atoms with Crippen LogP contribution in [0.15, 0.2) is 60.7 Å². The Balaban J connectivity index is 1.95. The molecule has 3 aromatic carbocycles. The van der Waals surface area contributed by atoms with Gasteiger partial charge in [-0.25, -0.2) is 4.79 Å². The summed E-state index contributed by atoms with van der Waals surface area (Å²) < 4.78 is 4.61. The topological polar surface area (TPSA) is 63.6 Å². The second-order valence-electron chi connectivity index (χ2n) is 11.8. The molecule has 39 heavy (non-hydrogen) atoms. The molecule has 1 unspecified atom stereocenters. The molecule has 3 aromatic rings. The smallest absolute Gasteiger partial charge is 0.379 e. The minimum absolute atomic E-state index is 0.115. The number of aliphatic hydroxyl groups excluding tert-OH is 1.